The lowest BCUT2D eigenvalue weighted by molar-refractivity contribution is 0.234. The van der Waals surface area contributed by atoms with Crippen molar-refractivity contribution in [2.75, 3.05) is 11.9 Å². The highest BCUT2D eigenvalue weighted by Gasteiger charge is 2.17. The van der Waals surface area contributed by atoms with Crippen LogP contribution in [-0.2, 0) is 0 Å². The Balaban J connectivity index is 2.04. The number of aromatic nitrogens is 4. The Morgan fingerprint density at radius 1 is 1.29 bits per heavy atom. The van der Waals surface area contributed by atoms with Crippen LogP contribution in [0.3, 0.4) is 0 Å². The fourth-order valence-corrected chi connectivity index (χ4v) is 2.03. The molecule has 0 bridgehead atoms. The highest BCUT2D eigenvalue weighted by Crippen LogP contribution is 2.26. The zero-order chi connectivity index (χ0) is 14.9. The van der Waals surface area contributed by atoms with E-state index in [4.69, 9.17) is 0 Å². The van der Waals surface area contributed by atoms with Gasteiger partial charge in [0.15, 0.2) is 0 Å². The van der Waals surface area contributed by atoms with Gasteiger partial charge in [0.25, 0.3) is 0 Å². The summed E-state index contributed by atoms with van der Waals surface area (Å²) < 4.78 is 13.6. The Morgan fingerprint density at radius 3 is 2.86 bits per heavy atom. The molecule has 0 unspecified atom stereocenters. The Kier molecular flexibility index (Phi) is 3.29. The van der Waals surface area contributed by atoms with Crippen molar-refractivity contribution < 1.29 is 4.39 Å². The SMILES string of the molecule is CC(C)(F)CNc1nc(-c2cccnc2)c2cc[nH]c2n1. The Bertz CT molecular complexity index is 746. The van der Waals surface area contributed by atoms with Gasteiger partial charge in [-0.15, -0.1) is 0 Å². The molecule has 0 aliphatic heterocycles. The van der Waals surface area contributed by atoms with Crippen molar-refractivity contribution in [3.8, 4) is 11.3 Å². The molecule has 108 valence electrons. The Morgan fingerprint density at radius 2 is 2.14 bits per heavy atom. The molecule has 3 aromatic rings. The number of alkyl halides is 1. The molecule has 0 amide bonds. The molecule has 3 heterocycles. The van der Waals surface area contributed by atoms with Gasteiger partial charge in [-0.05, 0) is 32.0 Å². The molecule has 0 aliphatic rings. The summed E-state index contributed by atoms with van der Waals surface area (Å²) in [6, 6.07) is 5.71. The number of halogens is 1. The molecule has 0 saturated heterocycles. The molecule has 0 aliphatic carbocycles. The van der Waals surface area contributed by atoms with Crippen LogP contribution in [0.15, 0.2) is 36.8 Å². The summed E-state index contributed by atoms with van der Waals surface area (Å²) in [5.74, 6) is 0.398. The number of nitrogens with one attached hydrogen (secondary N) is 2. The molecule has 21 heavy (non-hydrogen) atoms. The van der Waals surface area contributed by atoms with Gasteiger partial charge < -0.3 is 10.3 Å². The second-order valence-electron chi connectivity index (χ2n) is 5.45. The number of hydrogen-bond acceptors (Lipinski definition) is 4. The first kappa shape index (κ1) is 13.5. The predicted molar refractivity (Wildman–Crippen MR) is 80.8 cm³/mol. The highest BCUT2D eigenvalue weighted by molar-refractivity contribution is 5.91. The molecule has 3 aromatic heterocycles. The normalized spacial score (nSPS) is 11.8. The van der Waals surface area contributed by atoms with E-state index in [1.54, 1.807) is 12.4 Å². The Hall–Kier alpha value is -2.50. The van der Waals surface area contributed by atoms with Crippen LogP contribution in [-0.4, -0.2) is 32.1 Å². The molecular weight excluding hydrogens is 269 g/mol. The molecule has 0 saturated carbocycles. The van der Waals surface area contributed by atoms with Crippen molar-refractivity contribution in [2.24, 2.45) is 0 Å². The van der Waals surface area contributed by atoms with E-state index >= 15 is 0 Å². The fourth-order valence-electron chi connectivity index (χ4n) is 2.03. The molecule has 0 spiro atoms. The predicted octanol–water partition coefficient (Wildman–Crippen LogP) is 3.18. The third-order valence-electron chi connectivity index (χ3n) is 3.02. The minimum absolute atomic E-state index is 0.145. The molecule has 0 radical (unpaired) electrons. The minimum Gasteiger partial charge on any atom is -0.351 e. The van der Waals surface area contributed by atoms with Gasteiger partial charge in [-0.2, -0.15) is 4.98 Å². The van der Waals surface area contributed by atoms with Gasteiger partial charge in [-0.1, -0.05) is 0 Å². The summed E-state index contributed by atoms with van der Waals surface area (Å²) >= 11 is 0. The van der Waals surface area contributed by atoms with Crippen LogP contribution in [0.5, 0.6) is 0 Å². The van der Waals surface area contributed by atoms with Crippen LogP contribution in [0.4, 0.5) is 10.3 Å². The second kappa shape index (κ2) is 5.12. The average Bonchev–Trinajstić information content (AvgIpc) is 2.92. The monoisotopic (exact) mass is 285 g/mol. The third kappa shape index (κ3) is 2.99. The molecule has 2 N–H and O–H groups in total. The van der Waals surface area contributed by atoms with E-state index in [9.17, 15) is 4.39 Å². The molecule has 5 nitrogen and oxygen atoms in total. The van der Waals surface area contributed by atoms with E-state index in [1.165, 1.54) is 13.8 Å². The molecular formula is C15H16FN5. The lowest BCUT2D eigenvalue weighted by Gasteiger charge is -2.15. The molecule has 6 heteroatoms. The highest BCUT2D eigenvalue weighted by atomic mass is 19.1. The molecule has 0 fully saturated rings. The second-order valence-corrected chi connectivity index (χ2v) is 5.45. The van der Waals surface area contributed by atoms with Crippen LogP contribution < -0.4 is 5.32 Å². The fraction of sp³-hybridized carbons (Fsp3) is 0.267. The van der Waals surface area contributed by atoms with Gasteiger partial charge in [0.2, 0.25) is 5.95 Å². The van der Waals surface area contributed by atoms with Crippen LogP contribution in [0.2, 0.25) is 0 Å². The van der Waals surface area contributed by atoms with E-state index in [1.807, 2.05) is 24.4 Å². The maximum Gasteiger partial charge on any atom is 0.225 e. The maximum absolute atomic E-state index is 13.6. The average molecular weight is 285 g/mol. The maximum atomic E-state index is 13.6. The summed E-state index contributed by atoms with van der Waals surface area (Å²) in [7, 11) is 0. The number of anilines is 1. The number of nitrogens with zero attached hydrogens (tertiary/aromatic N) is 3. The largest absolute Gasteiger partial charge is 0.351 e. The third-order valence-corrected chi connectivity index (χ3v) is 3.02. The summed E-state index contributed by atoms with van der Waals surface area (Å²) in [4.78, 5) is 16.0. The molecule has 3 rings (SSSR count). The zero-order valence-corrected chi connectivity index (χ0v) is 11.9. The van der Waals surface area contributed by atoms with Crippen molar-refractivity contribution in [3.63, 3.8) is 0 Å². The van der Waals surface area contributed by atoms with Gasteiger partial charge in [0, 0.05) is 29.5 Å². The number of aromatic amines is 1. The number of fused-ring (bicyclic) bond motifs is 1. The van der Waals surface area contributed by atoms with E-state index in [2.05, 4.69) is 25.3 Å². The van der Waals surface area contributed by atoms with Crippen LogP contribution in [0.1, 0.15) is 13.8 Å². The van der Waals surface area contributed by atoms with E-state index in [-0.39, 0.29) is 6.54 Å². The van der Waals surface area contributed by atoms with Gasteiger partial charge >= 0.3 is 0 Å². The van der Waals surface area contributed by atoms with E-state index < -0.39 is 5.67 Å². The summed E-state index contributed by atoms with van der Waals surface area (Å²) in [6.45, 7) is 3.16. The van der Waals surface area contributed by atoms with Crippen molar-refractivity contribution >= 4 is 17.0 Å². The number of rotatable bonds is 4. The van der Waals surface area contributed by atoms with Crippen molar-refractivity contribution in [3.05, 3.63) is 36.8 Å². The van der Waals surface area contributed by atoms with Crippen molar-refractivity contribution in [1.29, 1.82) is 0 Å². The molecule has 0 aromatic carbocycles. The van der Waals surface area contributed by atoms with Gasteiger partial charge in [0.1, 0.15) is 11.3 Å². The Labute approximate surface area is 121 Å². The van der Waals surface area contributed by atoms with Crippen molar-refractivity contribution in [1.82, 2.24) is 19.9 Å². The smallest absolute Gasteiger partial charge is 0.225 e. The van der Waals surface area contributed by atoms with Gasteiger partial charge in [-0.3, -0.25) is 4.98 Å². The number of hydrogen-bond donors (Lipinski definition) is 2. The van der Waals surface area contributed by atoms with Gasteiger partial charge in [-0.25, -0.2) is 9.37 Å². The van der Waals surface area contributed by atoms with Crippen LogP contribution in [0, 0.1) is 0 Å². The topological polar surface area (TPSA) is 66.5 Å². The van der Waals surface area contributed by atoms with E-state index in [0.29, 0.717) is 11.6 Å². The lowest BCUT2D eigenvalue weighted by Crippen LogP contribution is -2.25. The lowest BCUT2D eigenvalue weighted by atomic mass is 10.1. The van der Waals surface area contributed by atoms with Gasteiger partial charge in [0.05, 0.1) is 12.2 Å². The summed E-state index contributed by atoms with van der Waals surface area (Å²) in [6.07, 6.45) is 5.27. The first-order chi connectivity index (χ1) is 10.0. The summed E-state index contributed by atoms with van der Waals surface area (Å²) in [5, 5.41) is 3.85. The number of H-pyrrole nitrogens is 1. The first-order valence-electron chi connectivity index (χ1n) is 6.71. The van der Waals surface area contributed by atoms with Crippen LogP contribution >= 0.6 is 0 Å². The quantitative estimate of drug-likeness (QED) is 0.772. The van der Waals surface area contributed by atoms with Crippen molar-refractivity contribution in [2.45, 2.75) is 19.5 Å². The first-order valence-corrected chi connectivity index (χ1v) is 6.71. The standard InChI is InChI=1S/C15H16FN5/c1-15(2,16)9-19-14-20-12(10-4-3-6-17-8-10)11-5-7-18-13(11)21-14/h3-8H,9H2,1-2H3,(H2,18,19,20,21). The van der Waals surface area contributed by atoms with E-state index in [0.717, 1.165) is 16.6 Å². The zero-order valence-electron chi connectivity index (χ0n) is 11.9. The van der Waals surface area contributed by atoms with Crippen LogP contribution in [0.25, 0.3) is 22.3 Å². The molecule has 0 atom stereocenters. The minimum atomic E-state index is -1.33. The summed E-state index contributed by atoms with van der Waals surface area (Å²) in [5.41, 5.74) is 1.05. The number of pyridine rings is 1.